The molecule has 4 heterocycles. The Bertz CT molecular complexity index is 1310. The Balaban J connectivity index is 1.29. The molecule has 5 unspecified atom stereocenters. The second-order valence-electron chi connectivity index (χ2n) is 8.08. The van der Waals surface area contributed by atoms with Crippen molar-refractivity contribution >= 4 is 40.3 Å². The number of aliphatic hydroxyl groups is 3. The van der Waals surface area contributed by atoms with Crippen LogP contribution in [0.5, 0.6) is 0 Å². The van der Waals surface area contributed by atoms with E-state index in [0.29, 0.717) is 33.7 Å². The topological polar surface area (TPSA) is 167 Å². The average Bonchev–Trinajstić information content (AvgIpc) is 3.57. The van der Waals surface area contributed by atoms with Crippen molar-refractivity contribution in [3.8, 4) is 11.4 Å². The zero-order chi connectivity index (χ0) is 24.5. The summed E-state index contributed by atoms with van der Waals surface area (Å²) in [6.45, 7) is 1.54. The van der Waals surface area contributed by atoms with Gasteiger partial charge in [0.2, 0.25) is 10.4 Å². The van der Waals surface area contributed by atoms with E-state index < -0.39 is 31.1 Å². The van der Waals surface area contributed by atoms with Gasteiger partial charge in [-0.2, -0.15) is 9.97 Å². The molecular formula is C21H23ClN8O4S. The van der Waals surface area contributed by atoms with E-state index in [2.05, 4.69) is 35.5 Å². The van der Waals surface area contributed by atoms with Gasteiger partial charge in [-0.1, -0.05) is 42.1 Å². The third-order valence-electron chi connectivity index (χ3n) is 5.54. The molecular weight excluding hydrogens is 496 g/mol. The number of thioether (sulfide) groups is 1. The summed E-state index contributed by atoms with van der Waals surface area (Å²) in [5.74, 6) is 1.75. The van der Waals surface area contributed by atoms with E-state index >= 15 is 0 Å². The Morgan fingerprint density at radius 2 is 2.00 bits per heavy atom. The summed E-state index contributed by atoms with van der Waals surface area (Å²) in [6.07, 6.45) is -2.99. The molecule has 0 saturated carbocycles. The molecule has 4 aromatic rings. The highest BCUT2D eigenvalue weighted by Gasteiger charge is 2.44. The number of H-pyrrole nitrogens is 1. The lowest BCUT2D eigenvalue weighted by molar-refractivity contribution is -0.0511. The number of nitrogens with zero attached hydrogens (tertiary/aromatic N) is 6. The van der Waals surface area contributed by atoms with Gasteiger partial charge in [-0.15, -0.1) is 5.10 Å². The quantitative estimate of drug-likeness (QED) is 0.169. The molecule has 1 fully saturated rings. The standard InChI is InChI=1S/C21H23ClN8O4S/c1-10(8-35-21-26-16(28-29-21)11-5-3-2-4-6-11)24-17-13-18(27-20(22)25-17)30(9-23-13)19-15(33)14(32)12(7-31)34-19/h2-6,9-10,12,14-15,19,31-33H,7-8H2,1H3,(H,24,25,27)(H,26,28,29). The monoisotopic (exact) mass is 518 g/mol. The molecule has 0 aliphatic carbocycles. The summed E-state index contributed by atoms with van der Waals surface area (Å²) in [5.41, 5.74) is 1.71. The number of aromatic nitrogens is 7. The fourth-order valence-corrected chi connectivity index (χ4v) is 4.71. The average molecular weight is 519 g/mol. The van der Waals surface area contributed by atoms with Crippen LogP contribution in [0.1, 0.15) is 13.2 Å². The number of aromatic amines is 1. The summed E-state index contributed by atoms with van der Waals surface area (Å²) in [7, 11) is 0. The third kappa shape index (κ3) is 4.83. The normalized spacial score (nSPS) is 23.1. The molecule has 14 heteroatoms. The summed E-state index contributed by atoms with van der Waals surface area (Å²) < 4.78 is 7.07. The van der Waals surface area contributed by atoms with Gasteiger partial charge in [-0.05, 0) is 18.5 Å². The first-order chi connectivity index (χ1) is 16.9. The van der Waals surface area contributed by atoms with E-state index in [1.54, 1.807) is 0 Å². The molecule has 5 N–H and O–H groups in total. The minimum absolute atomic E-state index is 0.0187. The summed E-state index contributed by atoms with van der Waals surface area (Å²) in [6, 6.07) is 9.69. The van der Waals surface area contributed by atoms with Gasteiger partial charge in [0.25, 0.3) is 0 Å². The number of halogens is 1. The first-order valence-electron chi connectivity index (χ1n) is 10.8. The first-order valence-corrected chi connectivity index (χ1v) is 12.2. The number of ether oxygens (including phenoxy) is 1. The van der Waals surface area contributed by atoms with Crippen molar-refractivity contribution in [3.63, 3.8) is 0 Å². The van der Waals surface area contributed by atoms with Crippen LogP contribution < -0.4 is 5.32 Å². The van der Waals surface area contributed by atoms with E-state index in [9.17, 15) is 15.3 Å². The molecule has 1 aliphatic rings. The zero-order valence-electron chi connectivity index (χ0n) is 18.5. The molecule has 0 amide bonds. The Morgan fingerprint density at radius 3 is 2.74 bits per heavy atom. The number of imidazole rings is 1. The molecule has 184 valence electrons. The van der Waals surface area contributed by atoms with Crippen LogP contribution >= 0.6 is 23.4 Å². The lowest BCUT2D eigenvalue weighted by Crippen LogP contribution is -2.33. The predicted octanol–water partition coefficient (Wildman–Crippen LogP) is 1.47. The molecule has 0 radical (unpaired) electrons. The largest absolute Gasteiger partial charge is 0.394 e. The fourth-order valence-electron chi connectivity index (χ4n) is 3.80. The van der Waals surface area contributed by atoms with Crippen LogP contribution in [-0.2, 0) is 4.74 Å². The van der Waals surface area contributed by atoms with Crippen molar-refractivity contribution in [3.05, 3.63) is 41.9 Å². The number of anilines is 1. The molecule has 0 spiro atoms. The molecule has 1 saturated heterocycles. The van der Waals surface area contributed by atoms with Crippen molar-refractivity contribution in [1.82, 2.24) is 34.7 Å². The van der Waals surface area contributed by atoms with Crippen LogP contribution in [0.15, 0.2) is 41.8 Å². The Kier molecular flexibility index (Phi) is 6.86. The van der Waals surface area contributed by atoms with Gasteiger partial charge in [0.05, 0.1) is 12.9 Å². The molecule has 12 nitrogen and oxygen atoms in total. The van der Waals surface area contributed by atoms with Gasteiger partial charge in [0, 0.05) is 17.4 Å². The van der Waals surface area contributed by atoms with Crippen LogP contribution in [0, 0.1) is 0 Å². The maximum Gasteiger partial charge on any atom is 0.226 e. The Labute approximate surface area is 208 Å². The smallest absolute Gasteiger partial charge is 0.226 e. The van der Waals surface area contributed by atoms with Crippen LogP contribution in [0.25, 0.3) is 22.6 Å². The Morgan fingerprint density at radius 1 is 1.20 bits per heavy atom. The predicted molar refractivity (Wildman–Crippen MR) is 129 cm³/mol. The van der Waals surface area contributed by atoms with Gasteiger partial charge in [-0.25, -0.2) is 9.97 Å². The number of benzene rings is 1. The van der Waals surface area contributed by atoms with Gasteiger partial charge < -0.3 is 25.4 Å². The molecule has 5 rings (SSSR count). The van der Waals surface area contributed by atoms with E-state index in [0.717, 1.165) is 5.56 Å². The maximum atomic E-state index is 10.4. The van der Waals surface area contributed by atoms with E-state index in [-0.39, 0.29) is 11.3 Å². The highest BCUT2D eigenvalue weighted by molar-refractivity contribution is 7.99. The molecule has 5 atom stereocenters. The maximum absolute atomic E-state index is 10.4. The number of rotatable bonds is 8. The Hall–Kier alpha value is -2.81. The van der Waals surface area contributed by atoms with Gasteiger partial charge in [0.15, 0.2) is 29.0 Å². The van der Waals surface area contributed by atoms with Crippen LogP contribution in [0.3, 0.4) is 0 Å². The van der Waals surface area contributed by atoms with Crippen molar-refractivity contribution in [2.24, 2.45) is 0 Å². The molecule has 1 aliphatic heterocycles. The first kappa shape index (κ1) is 23.9. The lowest BCUT2D eigenvalue weighted by Gasteiger charge is -2.17. The van der Waals surface area contributed by atoms with Crippen molar-refractivity contribution < 1.29 is 20.1 Å². The molecule has 1 aromatic carbocycles. The summed E-state index contributed by atoms with van der Waals surface area (Å²) in [4.78, 5) is 17.4. The number of hydrogen-bond donors (Lipinski definition) is 5. The van der Waals surface area contributed by atoms with Crippen LogP contribution in [0.2, 0.25) is 5.28 Å². The van der Waals surface area contributed by atoms with Crippen LogP contribution in [0.4, 0.5) is 5.82 Å². The summed E-state index contributed by atoms with van der Waals surface area (Å²) in [5, 5.41) is 41.0. The third-order valence-corrected chi connectivity index (χ3v) is 6.82. The highest BCUT2D eigenvalue weighted by Crippen LogP contribution is 2.33. The fraction of sp³-hybridized carbons (Fsp3) is 0.381. The number of aliphatic hydroxyl groups excluding tert-OH is 3. The number of nitrogens with one attached hydrogen (secondary N) is 2. The second kappa shape index (κ2) is 10.0. The highest BCUT2D eigenvalue weighted by atomic mass is 35.5. The lowest BCUT2D eigenvalue weighted by atomic mass is 10.1. The number of hydrogen-bond acceptors (Lipinski definition) is 11. The van der Waals surface area contributed by atoms with Crippen molar-refractivity contribution in [2.75, 3.05) is 17.7 Å². The summed E-state index contributed by atoms with van der Waals surface area (Å²) >= 11 is 7.65. The van der Waals surface area contributed by atoms with Crippen molar-refractivity contribution in [2.45, 2.75) is 42.7 Å². The van der Waals surface area contributed by atoms with Gasteiger partial charge in [-0.3, -0.25) is 9.67 Å². The minimum atomic E-state index is -1.27. The SMILES string of the molecule is CC(CSc1n[nH]c(-c2ccccc2)n1)Nc1nc(Cl)nc2c1ncn2C1OC(CO)C(O)C1O. The molecule has 0 bridgehead atoms. The van der Waals surface area contributed by atoms with Gasteiger partial charge in [0.1, 0.15) is 18.3 Å². The van der Waals surface area contributed by atoms with Crippen molar-refractivity contribution in [1.29, 1.82) is 0 Å². The van der Waals surface area contributed by atoms with E-state index in [4.69, 9.17) is 16.3 Å². The van der Waals surface area contributed by atoms with E-state index in [1.165, 1.54) is 22.7 Å². The molecule has 3 aromatic heterocycles. The minimum Gasteiger partial charge on any atom is -0.394 e. The van der Waals surface area contributed by atoms with E-state index in [1.807, 2.05) is 37.3 Å². The van der Waals surface area contributed by atoms with Gasteiger partial charge >= 0.3 is 0 Å². The zero-order valence-corrected chi connectivity index (χ0v) is 20.1. The van der Waals surface area contributed by atoms with Crippen LogP contribution in [-0.4, -0.2) is 86.7 Å². The second-order valence-corrected chi connectivity index (χ2v) is 9.41. The number of fused-ring (bicyclic) bond motifs is 1. The molecule has 35 heavy (non-hydrogen) atoms.